The van der Waals surface area contributed by atoms with Gasteiger partial charge < -0.3 is 91.6 Å². The van der Waals surface area contributed by atoms with Crippen LogP contribution in [-0.4, -0.2) is 85.4 Å². The number of aliphatic carboxylic acids is 6. The number of carboxylic acids is 6. The molecule has 0 aliphatic heterocycles. The maximum Gasteiger partial charge on any atom is 6.00 e. The number of H-pyrrole nitrogens is 3. The first-order valence-corrected chi connectivity index (χ1v) is 11.5. The molecule has 0 aliphatic carbocycles. The summed E-state index contributed by atoms with van der Waals surface area (Å²) >= 11 is 0. The van der Waals surface area contributed by atoms with Crippen molar-refractivity contribution in [1.29, 1.82) is 0 Å². The molecule has 3 aromatic rings. The third-order valence-electron chi connectivity index (χ3n) is 3.23. The molecule has 0 saturated heterocycles. The van der Waals surface area contributed by atoms with Crippen LogP contribution >= 0.6 is 0 Å². The van der Waals surface area contributed by atoms with Crippen LogP contribution in [-0.2, 0) is 49.8 Å². The van der Waals surface area contributed by atoms with Crippen molar-refractivity contribution in [2.24, 2.45) is 17.2 Å². The standard InChI is InChI=1S/3C6H6N2O2.3C2H5NO2.Mo/c3*9-6(10)2-1-5-3-7-4-8-5;3*3-1-2(4)5;/h3*1-4H,(H,7,8)(H,9,10);3*1,3H2,(H,4,5);/q;;;;;;+6/p-6. The van der Waals surface area contributed by atoms with E-state index in [2.05, 4.69) is 47.1 Å². The quantitative estimate of drug-likeness (QED) is 0.0879. The van der Waals surface area contributed by atoms with Crippen molar-refractivity contribution in [2.75, 3.05) is 19.6 Å². The SMILES string of the molecule is NCC(=O)[O-].NCC(=O)[O-].NCC(=O)[O-].O=C([O-])C=Cc1c[nH]cn1.O=C([O-])C=Cc1c[nH]cn1.O=C([O-])C=Cc1c[nH]cn1.[Mo+6]. The van der Waals surface area contributed by atoms with Gasteiger partial charge in [0.15, 0.2) is 0 Å². The molecule has 246 valence electrons. The number of rotatable bonds is 9. The number of hydrogen-bond acceptors (Lipinski definition) is 18. The number of nitrogens with two attached hydrogens (primary N) is 3. The van der Waals surface area contributed by atoms with Gasteiger partial charge in [0.25, 0.3) is 0 Å². The summed E-state index contributed by atoms with van der Waals surface area (Å²) in [5.41, 5.74) is 15.2. The van der Waals surface area contributed by atoms with E-state index in [0.717, 1.165) is 18.2 Å². The minimum atomic E-state index is -1.22. The van der Waals surface area contributed by atoms with Crippen LogP contribution in [0.15, 0.2) is 55.8 Å². The summed E-state index contributed by atoms with van der Waals surface area (Å²) in [4.78, 5) is 76.3. The minimum absolute atomic E-state index is 0. The van der Waals surface area contributed by atoms with Gasteiger partial charge in [-0.1, -0.05) is 0 Å². The van der Waals surface area contributed by atoms with Gasteiger partial charge in [0.05, 0.1) is 71.9 Å². The fraction of sp³-hybridized carbons (Fsp3) is 0.125. The minimum Gasteiger partial charge on any atom is -0.549 e. The van der Waals surface area contributed by atoms with Crippen LogP contribution < -0.4 is 47.8 Å². The first-order chi connectivity index (χ1) is 21.2. The number of carboxylic acid groups (broad SMARTS) is 6. The molecule has 0 spiro atoms. The van der Waals surface area contributed by atoms with E-state index in [1.807, 2.05) is 0 Å². The molecular weight excluding hydrogens is 702 g/mol. The summed E-state index contributed by atoms with van der Waals surface area (Å²) in [6, 6.07) is 0. The maximum atomic E-state index is 9.86. The summed E-state index contributed by atoms with van der Waals surface area (Å²) < 4.78 is 0. The van der Waals surface area contributed by atoms with Crippen LogP contribution in [0.1, 0.15) is 17.1 Å². The van der Waals surface area contributed by atoms with Crippen LogP contribution in [0.2, 0.25) is 0 Å². The molecule has 22 heteroatoms. The Labute approximate surface area is 273 Å². The molecule has 46 heavy (non-hydrogen) atoms. The van der Waals surface area contributed by atoms with E-state index in [1.54, 1.807) is 18.6 Å². The Morgan fingerprint density at radius 1 is 0.522 bits per heavy atom. The van der Waals surface area contributed by atoms with Crippen molar-refractivity contribution in [3.8, 4) is 0 Å². The van der Waals surface area contributed by atoms with E-state index in [0.29, 0.717) is 17.1 Å². The van der Waals surface area contributed by atoms with Crippen LogP contribution in [0.4, 0.5) is 0 Å². The second-order valence-corrected chi connectivity index (χ2v) is 6.67. The summed E-state index contributed by atoms with van der Waals surface area (Å²) in [7, 11) is 0. The van der Waals surface area contributed by atoms with E-state index in [4.69, 9.17) is 29.7 Å². The van der Waals surface area contributed by atoms with Crippen molar-refractivity contribution in [3.05, 3.63) is 72.9 Å². The van der Waals surface area contributed by atoms with Crippen molar-refractivity contribution in [2.45, 2.75) is 0 Å². The van der Waals surface area contributed by atoms with Crippen LogP contribution in [0.25, 0.3) is 18.2 Å². The molecule has 0 saturated carbocycles. The van der Waals surface area contributed by atoms with Crippen molar-refractivity contribution < 1.29 is 80.5 Å². The van der Waals surface area contributed by atoms with E-state index >= 15 is 0 Å². The zero-order valence-electron chi connectivity index (χ0n) is 23.4. The maximum absolute atomic E-state index is 9.86. The van der Waals surface area contributed by atoms with Crippen molar-refractivity contribution in [1.82, 2.24) is 29.9 Å². The molecule has 0 aromatic carbocycles. The van der Waals surface area contributed by atoms with Gasteiger partial charge in [-0.25, -0.2) is 15.0 Å². The average molecular weight is 729 g/mol. The Hall–Kier alpha value is -5.76. The summed E-state index contributed by atoms with van der Waals surface area (Å²) in [5, 5.41) is 57.0. The topological polar surface area (TPSA) is 405 Å². The zero-order valence-corrected chi connectivity index (χ0v) is 25.4. The molecule has 0 fully saturated rings. The van der Waals surface area contributed by atoms with Gasteiger partial charge in [-0.3, -0.25) is 0 Å². The van der Waals surface area contributed by atoms with Crippen LogP contribution in [0.5, 0.6) is 0 Å². The Balaban J connectivity index is -0.000000236. The first-order valence-electron chi connectivity index (χ1n) is 11.5. The summed E-state index contributed by atoms with van der Waals surface area (Å²) in [6.45, 7) is -1.17. The zero-order chi connectivity index (χ0) is 35.0. The molecule has 0 aliphatic rings. The average Bonchev–Trinajstić information content (AvgIpc) is 3.80. The van der Waals surface area contributed by atoms with Gasteiger partial charge in [-0.2, -0.15) is 0 Å². The molecule has 9 N–H and O–H groups in total. The molecule has 21 nitrogen and oxygen atoms in total. The van der Waals surface area contributed by atoms with Gasteiger partial charge in [0.2, 0.25) is 0 Å². The fourth-order valence-corrected chi connectivity index (χ4v) is 1.55. The van der Waals surface area contributed by atoms with Crippen LogP contribution in [0, 0.1) is 0 Å². The van der Waals surface area contributed by atoms with Gasteiger partial charge in [-0.05, 0) is 36.5 Å². The number of carbonyl (C=O) groups is 6. The first kappa shape index (κ1) is 47.2. The number of imidazole rings is 3. The normalized spacial score (nSPS) is 9.20. The van der Waals surface area contributed by atoms with Crippen molar-refractivity contribution >= 4 is 54.0 Å². The molecule has 0 radical (unpaired) electrons. The predicted octanol–water partition coefficient (Wildman–Crippen LogP) is -9.40. The number of hydrogen-bond donors (Lipinski definition) is 6. The molecule has 0 amide bonds. The Kier molecular flexibility index (Phi) is 33.0. The number of aromatic amines is 3. The summed E-state index contributed by atoms with van der Waals surface area (Å²) in [6.07, 6.45) is 16.0. The van der Waals surface area contributed by atoms with Gasteiger partial charge in [0, 0.05) is 38.2 Å². The molecule has 3 heterocycles. The third-order valence-corrected chi connectivity index (χ3v) is 3.23. The van der Waals surface area contributed by atoms with Gasteiger partial charge in [0.1, 0.15) is 0 Å². The van der Waals surface area contributed by atoms with Crippen molar-refractivity contribution in [3.63, 3.8) is 0 Å². The largest absolute Gasteiger partial charge is 6.00 e. The molecule has 3 aromatic heterocycles. The smallest absolute Gasteiger partial charge is 0.549 e. The molecule has 3 rings (SSSR count). The van der Waals surface area contributed by atoms with Gasteiger partial charge >= 0.3 is 21.1 Å². The number of nitrogens with one attached hydrogen (secondary N) is 3. The van der Waals surface area contributed by atoms with Gasteiger partial charge in [-0.15, -0.1) is 0 Å². The van der Waals surface area contributed by atoms with E-state index in [1.165, 1.54) is 37.2 Å². The van der Waals surface area contributed by atoms with Crippen LogP contribution in [0.3, 0.4) is 0 Å². The van der Waals surface area contributed by atoms with E-state index < -0.39 is 35.8 Å². The second kappa shape index (κ2) is 32.2. The van der Waals surface area contributed by atoms with E-state index in [-0.39, 0.29) is 40.7 Å². The second-order valence-electron chi connectivity index (χ2n) is 6.67. The monoisotopic (exact) mass is 731 g/mol. The number of carbonyl (C=O) groups excluding carboxylic acids is 6. The Bertz CT molecular complexity index is 1160. The number of nitrogens with zero attached hydrogens (tertiary/aromatic N) is 3. The number of aromatic nitrogens is 6. The molecule has 0 unspecified atom stereocenters. The van der Waals surface area contributed by atoms with E-state index in [9.17, 15) is 29.7 Å². The fourth-order valence-electron chi connectivity index (χ4n) is 1.55. The Morgan fingerprint density at radius 2 is 0.717 bits per heavy atom. The molecular formula is C24H27MoN9O12. The third kappa shape index (κ3) is 40.4. The molecule has 0 bridgehead atoms. The predicted molar refractivity (Wildman–Crippen MR) is 140 cm³/mol. The Morgan fingerprint density at radius 3 is 0.826 bits per heavy atom. The summed E-state index contributed by atoms with van der Waals surface area (Å²) in [5.74, 6) is -7.31. The molecule has 0 atom stereocenters.